The number of nitrogens with one attached hydrogen (secondary N) is 1. The molecule has 0 saturated heterocycles. The number of benzene rings is 1. The summed E-state index contributed by atoms with van der Waals surface area (Å²) in [6, 6.07) is 7.81. The zero-order valence-electron chi connectivity index (χ0n) is 8.33. The number of rotatable bonds is 3. The maximum atomic E-state index is 5.93. The van der Waals surface area contributed by atoms with Gasteiger partial charge in [-0.15, -0.1) is 0 Å². The highest BCUT2D eigenvalue weighted by Gasteiger charge is 2.03. The molecule has 0 aliphatic rings. The number of anilines is 1. The number of halogens is 1. The van der Waals surface area contributed by atoms with Crippen LogP contribution in [0.4, 0.5) is 5.13 Å². The van der Waals surface area contributed by atoms with Crippen LogP contribution in [0.3, 0.4) is 0 Å². The minimum absolute atomic E-state index is 0.755. The van der Waals surface area contributed by atoms with Crippen molar-refractivity contribution in [1.29, 1.82) is 0 Å². The number of hydrogen-bond donors (Lipinski definition) is 1. The Balaban J connectivity index is 2.29. The van der Waals surface area contributed by atoms with Crippen LogP contribution in [0.15, 0.2) is 30.5 Å². The van der Waals surface area contributed by atoms with Crippen molar-refractivity contribution in [1.82, 2.24) is 4.98 Å². The first kappa shape index (κ1) is 10.5. The second-order valence-corrected chi connectivity index (χ2v) is 4.54. The first-order chi connectivity index (χ1) is 7.29. The van der Waals surface area contributed by atoms with E-state index in [2.05, 4.69) is 17.2 Å². The van der Waals surface area contributed by atoms with Gasteiger partial charge in [0.1, 0.15) is 0 Å². The maximum Gasteiger partial charge on any atom is 0.183 e. The number of aromatic nitrogens is 1. The predicted molar refractivity (Wildman–Crippen MR) is 66.7 cm³/mol. The zero-order valence-corrected chi connectivity index (χ0v) is 9.90. The minimum atomic E-state index is 0.755. The van der Waals surface area contributed by atoms with E-state index in [1.807, 2.05) is 30.5 Å². The lowest BCUT2D eigenvalue weighted by Crippen LogP contribution is -1.94. The molecule has 1 aromatic heterocycles. The molecule has 0 amide bonds. The third kappa shape index (κ3) is 2.49. The molecule has 2 nitrogen and oxygen atoms in total. The summed E-state index contributed by atoms with van der Waals surface area (Å²) < 4.78 is 0. The van der Waals surface area contributed by atoms with E-state index < -0.39 is 0 Å². The highest BCUT2D eigenvalue weighted by Crippen LogP contribution is 2.30. The summed E-state index contributed by atoms with van der Waals surface area (Å²) in [5, 5.41) is 4.89. The number of thiazole rings is 1. The Morgan fingerprint density at radius 1 is 1.47 bits per heavy atom. The van der Waals surface area contributed by atoms with E-state index in [1.54, 1.807) is 11.3 Å². The Morgan fingerprint density at radius 2 is 2.33 bits per heavy atom. The Kier molecular flexibility index (Phi) is 3.23. The molecule has 4 heteroatoms. The fourth-order valence-corrected chi connectivity index (χ4v) is 2.35. The van der Waals surface area contributed by atoms with Gasteiger partial charge in [0.15, 0.2) is 5.13 Å². The van der Waals surface area contributed by atoms with Gasteiger partial charge in [0.05, 0.1) is 4.88 Å². The van der Waals surface area contributed by atoms with Crippen LogP contribution in [0.25, 0.3) is 10.4 Å². The van der Waals surface area contributed by atoms with Gasteiger partial charge in [-0.2, -0.15) is 0 Å². The van der Waals surface area contributed by atoms with E-state index in [-0.39, 0.29) is 0 Å². The molecule has 0 atom stereocenters. The number of nitrogens with zero attached hydrogens (tertiary/aromatic N) is 1. The molecule has 0 aliphatic heterocycles. The first-order valence-corrected chi connectivity index (χ1v) is 5.94. The van der Waals surface area contributed by atoms with E-state index in [0.717, 1.165) is 27.1 Å². The van der Waals surface area contributed by atoms with Gasteiger partial charge in [-0.25, -0.2) is 4.98 Å². The standard InChI is InChI=1S/C11H11ClN2S/c1-2-13-11-14-7-10(15-11)8-4-3-5-9(12)6-8/h3-7H,2H2,1H3,(H,13,14). The smallest absolute Gasteiger partial charge is 0.183 e. The first-order valence-electron chi connectivity index (χ1n) is 4.75. The van der Waals surface area contributed by atoms with E-state index in [4.69, 9.17) is 11.6 Å². The molecule has 2 aromatic rings. The maximum absolute atomic E-state index is 5.93. The molecular formula is C11H11ClN2S. The van der Waals surface area contributed by atoms with Gasteiger partial charge in [-0.3, -0.25) is 0 Å². The van der Waals surface area contributed by atoms with Crippen LogP contribution in [0.2, 0.25) is 5.02 Å². The van der Waals surface area contributed by atoms with Crippen LogP contribution in [-0.4, -0.2) is 11.5 Å². The van der Waals surface area contributed by atoms with Gasteiger partial charge in [0, 0.05) is 17.8 Å². The molecule has 0 aliphatic carbocycles. The third-order valence-corrected chi connectivity index (χ3v) is 3.18. The van der Waals surface area contributed by atoms with Crippen molar-refractivity contribution in [2.45, 2.75) is 6.92 Å². The Morgan fingerprint density at radius 3 is 3.07 bits per heavy atom. The van der Waals surface area contributed by atoms with Crippen molar-refractivity contribution in [3.63, 3.8) is 0 Å². The number of hydrogen-bond acceptors (Lipinski definition) is 3. The lowest BCUT2D eigenvalue weighted by Gasteiger charge is -1.96. The molecule has 15 heavy (non-hydrogen) atoms. The summed E-state index contributed by atoms with van der Waals surface area (Å²) in [4.78, 5) is 5.41. The SMILES string of the molecule is CCNc1ncc(-c2cccc(Cl)c2)s1. The molecule has 1 N–H and O–H groups in total. The monoisotopic (exact) mass is 238 g/mol. The molecule has 1 aromatic carbocycles. The van der Waals surface area contributed by atoms with Gasteiger partial charge >= 0.3 is 0 Å². The summed E-state index contributed by atoms with van der Waals surface area (Å²) in [5.41, 5.74) is 1.11. The van der Waals surface area contributed by atoms with Crippen LogP contribution in [0.5, 0.6) is 0 Å². The van der Waals surface area contributed by atoms with Gasteiger partial charge in [-0.05, 0) is 24.6 Å². The van der Waals surface area contributed by atoms with Crippen molar-refractivity contribution in [3.05, 3.63) is 35.5 Å². The molecule has 0 bridgehead atoms. The van der Waals surface area contributed by atoms with Crippen molar-refractivity contribution < 1.29 is 0 Å². The van der Waals surface area contributed by atoms with Gasteiger partial charge in [-0.1, -0.05) is 35.1 Å². The second kappa shape index (κ2) is 4.64. The summed E-state index contributed by atoms with van der Waals surface area (Å²) >= 11 is 7.57. The summed E-state index contributed by atoms with van der Waals surface area (Å²) in [5.74, 6) is 0. The van der Waals surface area contributed by atoms with E-state index in [1.165, 1.54) is 0 Å². The average molecular weight is 239 g/mol. The Labute approximate surface area is 97.9 Å². The van der Waals surface area contributed by atoms with E-state index in [9.17, 15) is 0 Å². The van der Waals surface area contributed by atoms with Crippen LogP contribution >= 0.6 is 22.9 Å². The zero-order chi connectivity index (χ0) is 10.7. The Bertz CT molecular complexity index is 453. The van der Waals surface area contributed by atoms with Gasteiger partial charge < -0.3 is 5.32 Å². The van der Waals surface area contributed by atoms with E-state index in [0.29, 0.717) is 0 Å². The van der Waals surface area contributed by atoms with Gasteiger partial charge in [0.25, 0.3) is 0 Å². The molecule has 1 heterocycles. The van der Waals surface area contributed by atoms with Crippen molar-refractivity contribution >= 4 is 28.1 Å². The molecule has 0 fully saturated rings. The quantitative estimate of drug-likeness (QED) is 0.878. The second-order valence-electron chi connectivity index (χ2n) is 3.07. The highest BCUT2D eigenvalue weighted by molar-refractivity contribution is 7.18. The normalized spacial score (nSPS) is 10.3. The van der Waals surface area contributed by atoms with Crippen molar-refractivity contribution in [2.24, 2.45) is 0 Å². The molecular weight excluding hydrogens is 228 g/mol. The lowest BCUT2D eigenvalue weighted by molar-refractivity contribution is 1.19. The fraction of sp³-hybridized carbons (Fsp3) is 0.182. The topological polar surface area (TPSA) is 24.9 Å². The van der Waals surface area contributed by atoms with Crippen molar-refractivity contribution in [2.75, 3.05) is 11.9 Å². The fourth-order valence-electron chi connectivity index (χ4n) is 1.28. The van der Waals surface area contributed by atoms with Crippen LogP contribution in [0.1, 0.15) is 6.92 Å². The van der Waals surface area contributed by atoms with Crippen LogP contribution < -0.4 is 5.32 Å². The summed E-state index contributed by atoms with van der Waals surface area (Å²) in [7, 11) is 0. The van der Waals surface area contributed by atoms with Crippen molar-refractivity contribution in [3.8, 4) is 10.4 Å². The lowest BCUT2D eigenvalue weighted by atomic mass is 10.2. The predicted octanol–water partition coefficient (Wildman–Crippen LogP) is 3.90. The van der Waals surface area contributed by atoms with Crippen LogP contribution in [0, 0.1) is 0 Å². The summed E-state index contributed by atoms with van der Waals surface area (Å²) in [6.07, 6.45) is 1.87. The van der Waals surface area contributed by atoms with Crippen LogP contribution in [-0.2, 0) is 0 Å². The van der Waals surface area contributed by atoms with E-state index >= 15 is 0 Å². The summed E-state index contributed by atoms with van der Waals surface area (Å²) in [6.45, 7) is 2.95. The minimum Gasteiger partial charge on any atom is -0.362 e. The average Bonchev–Trinajstić information content (AvgIpc) is 2.67. The highest BCUT2D eigenvalue weighted by atomic mass is 35.5. The van der Waals surface area contributed by atoms with Gasteiger partial charge in [0.2, 0.25) is 0 Å². The molecule has 2 rings (SSSR count). The molecule has 0 spiro atoms. The molecule has 0 unspecified atom stereocenters. The Hall–Kier alpha value is -1.06. The molecule has 78 valence electrons. The molecule has 0 radical (unpaired) electrons. The molecule has 0 saturated carbocycles. The largest absolute Gasteiger partial charge is 0.362 e. The third-order valence-electron chi connectivity index (χ3n) is 1.94.